The summed E-state index contributed by atoms with van der Waals surface area (Å²) in [6, 6.07) is 12.2. The van der Waals surface area contributed by atoms with Crippen LogP contribution in [0.1, 0.15) is 5.56 Å². The number of sulfone groups is 1. The van der Waals surface area contributed by atoms with E-state index in [1.807, 2.05) is 0 Å². The normalized spacial score (nSPS) is 12.3. The molecule has 0 bridgehead atoms. The van der Waals surface area contributed by atoms with Crippen molar-refractivity contribution in [3.63, 3.8) is 0 Å². The predicted molar refractivity (Wildman–Crippen MR) is 88.8 cm³/mol. The van der Waals surface area contributed by atoms with Gasteiger partial charge in [0.1, 0.15) is 11.8 Å². The van der Waals surface area contributed by atoms with Gasteiger partial charge in [-0.25, -0.2) is 8.42 Å². The van der Waals surface area contributed by atoms with Gasteiger partial charge >= 0.3 is 6.36 Å². The number of anilines is 1. The lowest BCUT2D eigenvalue weighted by Crippen LogP contribution is -2.16. The van der Waals surface area contributed by atoms with Crippen molar-refractivity contribution in [3.8, 4) is 11.8 Å². The van der Waals surface area contributed by atoms with Crippen LogP contribution in [0.2, 0.25) is 0 Å². The molecule has 0 amide bonds. The smallest absolute Gasteiger partial charge is 0.406 e. The van der Waals surface area contributed by atoms with Gasteiger partial charge in [0, 0.05) is 11.9 Å². The first kappa shape index (κ1) is 19.3. The zero-order valence-corrected chi connectivity index (χ0v) is 14.2. The zero-order valence-electron chi connectivity index (χ0n) is 13.4. The van der Waals surface area contributed by atoms with E-state index in [2.05, 4.69) is 10.1 Å². The van der Waals surface area contributed by atoms with Gasteiger partial charge < -0.3 is 10.1 Å². The number of hydrogen-bond donors (Lipinski definition) is 1. The lowest BCUT2D eigenvalue weighted by molar-refractivity contribution is -0.274. The number of halogens is 3. The molecule has 0 aliphatic heterocycles. The Labute approximate surface area is 148 Å². The van der Waals surface area contributed by atoms with Crippen molar-refractivity contribution in [1.29, 1.82) is 5.26 Å². The molecule has 26 heavy (non-hydrogen) atoms. The second-order valence-electron chi connectivity index (χ2n) is 5.15. The predicted octanol–water partition coefficient (Wildman–Crippen LogP) is 4.14. The molecule has 1 N–H and O–H groups in total. The van der Waals surface area contributed by atoms with E-state index in [4.69, 9.17) is 5.26 Å². The number of benzene rings is 2. The Hall–Kier alpha value is -2.99. The molecular weight excluding hydrogens is 369 g/mol. The van der Waals surface area contributed by atoms with Gasteiger partial charge in [-0.05, 0) is 43.3 Å². The maximum atomic E-state index is 12.4. The molecule has 136 valence electrons. The summed E-state index contributed by atoms with van der Waals surface area (Å²) in [4.78, 5) is -0.566. The number of allylic oxidation sites excluding steroid dienone is 1. The summed E-state index contributed by atoms with van der Waals surface area (Å²) in [6.45, 7) is 1.80. The van der Waals surface area contributed by atoms with Gasteiger partial charge in [-0.2, -0.15) is 5.26 Å². The molecule has 9 heteroatoms. The first-order valence-corrected chi connectivity index (χ1v) is 8.64. The monoisotopic (exact) mass is 382 g/mol. The van der Waals surface area contributed by atoms with Crippen molar-refractivity contribution in [1.82, 2.24) is 0 Å². The average Bonchev–Trinajstić information content (AvgIpc) is 2.56. The molecule has 0 fully saturated rings. The van der Waals surface area contributed by atoms with Crippen molar-refractivity contribution in [2.24, 2.45) is 0 Å². The number of nitrogens with zero attached hydrogens (tertiary/aromatic N) is 1. The molecule has 2 rings (SSSR count). The quantitative estimate of drug-likeness (QED) is 0.786. The first-order valence-electron chi connectivity index (χ1n) is 7.16. The maximum Gasteiger partial charge on any atom is 0.573 e. The highest BCUT2D eigenvalue weighted by Gasteiger charge is 2.30. The highest BCUT2D eigenvalue weighted by atomic mass is 32.2. The van der Waals surface area contributed by atoms with E-state index in [1.165, 1.54) is 24.3 Å². The van der Waals surface area contributed by atoms with Crippen molar-refractivity contribution in [3.05, 3.63) is 65.2 Å². The van der Waals surface area contributed by atoms with Crippen molar-refractivity contribution >= 4 is 15.5 Å². The fraction of sp³-hybridized carbons (Fsp3) is 0.118. The summed E-state index contributed by atoms with van der Waals surface area (Å²) in [6.07, 6.45) is -3.82. The van der Waals surface area contributed by atoms with Crippen molar-refractivity contribution < 1.29 is 26.3 Å². The summed E-state index contributed by atoms with van der Waals surface area (Å²) >= 11 is 0. The highest BCUT2D eigenvalue weighted by Crippen LogP contribution is 2.24. The molecule has 2 aromatic rings. The Morgan fingerprint density at radius 2 is 1.69 bits per heavy atom. The second kappa shape index (κ2) is 7.49. The number of ether oxygens (including phenoxy) is 1. The Bertz CT molecular complexity index is 943. The lowest BCUT2D eigenvalue weighted by Gasteiger charge is -2.09. The third-order valence-electron chi connectivity index (χ3n) is 3.19. The van der Waals surface area contributed by atoms with Crippen LogP contribution >= 0.6 is 0 Å². The summed E-state index contributed by atoms with van der Waals surface area (Å²) in [7, 11) is -4.01. The number of nitriles is 1. The Balaban J connectivity index is 2.19. The third kappa shape index (κ3) is 5.00. The Morgan fingerprint density at radius 1 is 1.12 bits per heavy atom. The van der Waals surface area contributed by atoms with Gasteiger partial charge in [0.2, 0.25) is 9.84 Å². The molecule has 5 nitrogen and oxygen atoms in total. The van der Waals surface area contributed by atoms with Crippen molar-refractivity contribution in [2.75, 3.05) is 5.32 Å². The molecular formula is C17H13F3N2O3S. The fourth-order valence-electron chi connectivity index (χ4n) is 1.92. The SMILES string of the molecule is Cc1ccc(S(=O)(=O)C(C#N)=CNc2ccc(OC(F)(F)F)cc2)cc1. The second-order valence-corrected chi connectivity index (χ2v) is 7.07. The van der Waals surface area contributed by atoms with E-state index in [9.17, 15) is 21.6 Å². The topological polar surface area (TPSA) is 79.2 Å². The average molecular weight is 382 g/mol. The number of hydrogen-bond acceptors (Lipinski definition) is 5. The van der Waals surface area contributed by atoms with Crippen LogP contribution in [0.4, 0.5) is 18.9 Å². The van der Waals surface area contributed by atoms with Crippen LogP contribution in [0.5, 0.6) is 5.75 Å². The minimum absolute atomic E-state index is 0.0355. The molecule has 0 saturated carbocycles. The first-order chi connectivity index (χ1) is 12.1. The number of aryl methyl sites for hydroxylation is 1. The van der Waals surface area contributed by atoms with Crippen LogP contribution in [-0.2, 0) is 9.84 Å². The zero-order chi connectivity index (χ0) is 19.4. The summed E-state index contributed by atoms with van der Waals surface area (Å²) in [5.41, 5.74) is 1.15. The molecule has 0 atom stereocenters. The minimum atomic E-state index is -4.80. The van der Waals surface area contributed by atoms with Crippen LogP contribution in [0.3, 0.4) is 0 Å². The molecule has 2 aromatic carbocycles. The molecule has 0 heterocycles. The number of rotatable bonds is 5. The maximum absolute atomic E-state index is 12.4. The summed E-state index contributed by atoms with van der Waals surface area (Å²) in [5.74, 6) is -0.417. The molecule has 0 aliphatic carbocycles. The number of nitrogens with one attached hydrogen (secondary N) is 1. The van der Waals surface area contributed by atoms with E-state index in [0.717, 1.165) is 23.9 Å². The Kier molecular flexibility index (Phi) is 5.57. The summed E-state index contributed by atoms with van der Waals surface area (Å²) in [5, 5.41) is 11.7. The highest BCUT2D eigenvalue weighted by molar-refractivity contribution is 7.95. The van der Waals surface area contributed by atoms with E-state index < -0.39 is 26.9 Å². The van der Waals surface area contributed by atoms with Gasteiger partial charge in [0.05, 0.1) is 4.90 Å². The molecule has 0 radical (unpaired) electrons. The van der Waals surface area contributed by atoms with E-state index in [0.29, 0.717) is 0 Å². The molecule has 0 saturated heterocycles. The van der Waals surface area contributed by atoms with Crippen LogP contribution < -0.4 is 10.1 Å². The molecule has 0 aliphatic rings. The van der Waals surface area contributed by atoms with Gasteiger partial charge in [0.15, 0.2) is 4.91 Å². The van der Waals surface area contributed by atoms with Crippen LogP contribution in [-0.4, -0.2) is 14.8 Å². The number of alkyl halides is 3. The van der Waals surface area contributed by atoms with Crippen LogP contribution in [0.25, 0.3) is 0 Å². The van der Waals surface area contributed by atoms with E-state index in [-0.39, 0.29) is 10.6 Å². The van der Waals surface area contributed by atoms with Crippen LogP contribution in [0.15, 0.2) is 64.5 Å². The lowest BCUT2D eigenvalue weighted by atomic mass is 10.2. The minimum Gasteiger partial charge on any atom is -0.406 e. The van der Waals surface area contributed by atoms with E-state index >= 15 is 0 Å². The van der Waals surface area contributed by atoms with Gasteiger partial charge in [-0.1, -0.05) is 17.7 Å². The van der Waals surface area contributed by atoms with Crippen LogP contribution in [0, 0.1) is 18.3 Å². The van der Waals surface area contributed by atoms with Gasteiger partial charge in [-0.3, -0.25) is 0 Å². The van der Waals surface area contributed by atoms with Crippen molar-refractivity contribution in [2.45, 2.75) is 18.2 Å². The van der Waals surface area contributed by atoms with E-state index in [1.54, 1.807) is 25.1 Å². The van der Waals surface area contributed by atoms with Gasteiger partial charge in [-0.15, -0.1) is 13.2 Å². The summed E-state index contributed by atoms with van der Waals surface area (Å²) < 4.78 is 64.9. The van der Waals surface area contributed by atoms with Gasteiger partial charge in [0.25, 0.3) is 0 Å². The molecule has 0 aromatic heterocycles. The molecule has 0 spiro atoms. The Morgan fingerprint density at radius 3 is 2.19 bits per heavy atom. The fourth-order valence-corrected chi connectivity index (χ4v) is 3.00. The third-order valence-corrected chi connectivity index (χ3v) is 4.87. The standard InChI is InChI=1S/C17H13F3N2O3S/c1-12-2-8-15(9-3-12)26(23,24)16(10-21)11-22-13-4-6-14(7-5-13)25-17(18,19)20/h2-9,11,22H,1H3. The molecule has 0 unspecified atom stereocenters. The largest absolute Gasteiger partial charge is 0.573 e.